The molecule has 0 unspecified atom stereocenters. The number of nitrogens with one attached hydrogen (secondary N) is 2. The molecule has 0 aromatic carbocycles. The predicted octanol–water partition coefficient (Wildman–Crippen LogP) is 4.66. The first kappa shape index (κ1) is 17.4. The molecule has 0 bridgehead atoms. The summed E-state index contributed by atoms with van der Waals surface area (Å²) in [6.07, 6.45) is 7.40. The van der Waals surface area contributed by atoms with Gasteiger partial charge in [-0.3, -0.25) is 4.98 Å². The highest BCUT2D eigenvalue weighted by Gasteiger charge is 2.11. The molecule has 4 rings (SSSR count). The minimum atomic E-state index is -0.487. The number of nitrogens with zero attached hydrogens (tertiary/aromatic N) is 3. The van der Waals surface area contributed by atoms with Crippen LogP contribution in [0.2, 0.25) is 5.02 Å². The molecule has 7 heteroatoms. The Morgan fingerprint density at radius 2 is 2.04 bits per heavy atom. The van der Waals surface area contributed by atoms with Gasteiger partial charge in [-0.2, -0.15) is 4.39 Å². The largest absolute Gasteiger partial charge is 0.366 e. The number of rotatable bonds is 5. The molecule has 0 aliphatic carbocycles. The van der Waals surface area contributed by atoms with E-state index in [0.717, 1.165) is 27.7 Å². The summed E-state index contributed by atoms with van der Waals surface area (Å²) in [5, 5.41) is 4.65. The number of aryl methyl sites for hydroxylation is 1. The maximum absolute atomic E-state index is 14.5. The highest BCUT2D eigenvalue weighted by atomic mass is 35.5. The Morgan fingerprint density at radius 3 is 2.85 bits per heavy atom. The van der Waals surface area contributed by atoms with Crippen LogP contribution < -0.4 is 5.32 Å². The Bertz CT molecular complexity index is 1110. The lowest BCUT2D eigenvalue weighted by atomic mass is 10.1. The lowest BCUT2D eigenvalue weighted by molar-refractivity contribution is 0.571. The SMILES string of the molecule is Cc1cnc2[nH]cc(Cc3ccc(NCc4cncc(Cl)c4)nc3F)c2c1. The summed E-state index contributed by atoms with van der Waals surface area (Å²) in [5.74, 6) is -0.0214. The van der Waals surface area contributed by atoms with Crippen LogP contribution in [0.5, 0.6) is 0 Å². The molecule has 0 aliphatic rings. The van der Waals surface area contributed by atoms with Gasteiger partial charge in [-0.25, -0.2) is 9.97 Å². The Hall–Kier alpha value is -2.99. The van der Waals surface area contributed by atoms with Crippen molar-refractivity contribution >= 4 is 28.5 Å². The maximum Gasteiger partial charge on any atom is 0.218 e. The summed E-state index contributed by atoms with van der Waals surface area (Å²) in [6, 6.07) is 7.38. The summed E-state index contributed by atoms with van der Waals surface area (Å²) in [6.45, 7) is 2.45. The lowest BCUT2D eigenvalue weighted by Gasteiger charge is -2.08. The molecule has 0 saturated carbocycles. The minimum Gasteiger partial charge on any atom is -0.366 e. The summed E-state index contributed by atoms with van der Waals surface area (Å²) in [4.78, 5) is 15.5. The average Bonchev–Trinajstić information content (AvgIpc) is 3.04. The van der Waals surface area contributed by atoms with E-state index in [-0.39, 0.29) is 0 Å². The van der Waals surface area contributed by atoms with Gasteiger partial charge in [0.2, 0.25) is 5.95 Å². The summed E-state index contributed by atoms with van der Waals surface area (Å²) < 4.78 is 14.5. The lowest BCUT2D eigenvalue weighted by Crippen LogP contribution is -2.04. The zero-order chi connectivity index (χ0) is 18.8. The molecular formula is C20H17ClFN5. The molecule has 0 atom stereocenters. The Kier molecular flexibility index (Phi) is 4.73. The third-order valence-corrected chi connectivity index (χ3v) is 4.50. The van der Waals surface area contributed by atoms with E-state index >= 15 is 0 Å². The molecule has 136 valence electrons. The number of aromatic nitrogens is 4. The van der Waals surface area contributed by atoms with E-state index in [1.54, 1.807) is 36.8 Å². The topological polar surface area (TPSA) is 66.5 Å². The quantitative estimate of drug-likeness (QED) is 0.493. The Labute approximate surface area is 160 Å². The van der Waals surface area contributed by atoms with Gasteiger partial charge in [0.05, 0.1) is 5.02 Å². The molecule has 0 amide bonds. The second-order valence-electron chi connectivity index (χ2n) is 6.41. The number of H-pyrrole nitrogens is 1. The van der Waals surface area contributed by atoms with Crippen molar-refractivity contribution in [2.45, 2.75) is 19.9 Å². The molecule has 5 nitrogen and oxygen atoms in total. The van der Waals surface area contributed by atoms with Gasteiger partial charge in [0.25, 0.3) is 0 Å². The van der Waals surface area contributed by atoms with Crippen LogP contribution in [0.1, 0.15) is 22.3 Å². The molecular weight excluding hydrogens is 365 g/mol. The average molecular weight is 382 g/mol. The number of hydrogen-bond acceptors (Lipinski definition) is 4. The van der Waals surface area contributed by atoms with E-state index < -0.39 is 5.95 Å². The molecule has 0 saturated heterocycles. The fraction of sp³-hybridized carbons (Fsp3) is 0.150. The highest BCUT2D eigenvalue weighted by Crippen LogP contribution is 2.22. The molecule has 0 radical (unpaired) electrons. The first-order valence-electron chi connectivity index (χ1n) is 8.50. The second-order valence-corrected chi connectivity index (χ2v) is 6.85. The van der Waals surface area contributed by atoms with Crippen LogP contribution in [0, 0.1) is 12.9 Å². The van der Waals surface area contributed by atoms with E-state index in [1.165, 1.54) is 0 Å². The second kappa shape index (κ2) is 7.32. The number of hydrogen-bond donors (Lipinski definition) is 2. The third kappa shape index (κ3) is 3.90. The van der Waals surface area contributed by atoms with Crippen LogP contribution in [0.25, 0.3) is 11.0 Å². The van der Waals surface area contributed by atoms with Crippen LogP contribution in [-0.4, -0.2) is 19.9 Å². The molecule has 0 aliphatic heterocycles. The minimum absolute atomic E-state index is 0.447. The van der Waals surface area contributed by atoms with Crippen molar-refractivity contribution in [3.05, 3.63) is 82.3 Å². The predicted molar refractivity (Wildman–Crippen MR) is 104 cm³/mol. The van der Waals surface area contributed by atoms with Gasteiger partial charge >= 0.3 is 0 Å². The van der Waals surface area contributed by atoms with Gasteiger partial charge in [0.15, 0.2) is 0 Å². The van der Waals surface area contributed by atoms with Crippen molar-refractivity contribution < 1.29 is 4.39 Å². The number of halogens is 2. The third-order valence-electron chi connectivity index (χ3n) is 4.30. The fourth-order valence-corrected chi connectivity index (χ4v) is 3.15. The fourth-order valence-electron chi connectivity index (χ4n) is 2.95. The number of aromatic amines is 1. The molecule has 0 spiro atoms. The van der Waals surface area contributed by atoms with E-state index in [4.69, 9.17) is 11.6 Å². The normalized spacial score (nSPS) is 11.1. The molecule has 27 heavy (non-hydrogen) atoms. The Balaban J connectivity index is 1.50. The first-order valence-corrected chi connectivity index (χ1v) is 8.87. The first-order chi connectivity index (χ1) is 13.1. The summed E-state index contributed by atoms with van der Waals surface area (Å²) in [5.41, 5.74) is 4.30. The van der Waals surface area contributed by atoms with Crippen LogP contribution in [0.15, 0.2) is 49.1 Å². The van der Waals surface area contributed by atoms with Gasteiger partial charge in [-0.05, 0) is 41.8 Å². The maximum atomic E-state index is 14.5. The van der Waals surface area contributed by atoms with Crippen molar-refractivity contribution in [2.24, 2.45) is 0 Å². The summed E-state index contributed by atoms with van der Waals surface area (Å²) in [7, 11) is 0. The number of pyridine rings is 3. The van der Waals surface area contributed by atoms with Gasteiger partial charge < -0.3 is 10.3 Å². The monoisotopic (exact) mass is 381 g/mol. The van der Waals surface area contributed by atoms with Gasteiger partial charge in [0, 0.05) is 48.7 Å². The standard InChI is InChI=1S/C20H17ClFN5/c1-12-4-17-15(10-26-20(17)25-7-12)6-14-2-3-18(27-19(14)22)24-9-13-5-16(21)11-23-8-13/h2-5,7-8,10-11H,6,9H2,1H3,(H,24,27)(H,25,26). The van der Waals surface area contributed by atoms with E-state index in [2.05, 4.69) is 31.3 Å². The van der Waals surface area contributed by atoms with E-state index in [1.807, 2.05) is 13.1 Å². The van der Waals surface area contributed by atoms with Gasteiger partial charge in [-0.1, -0.05) is 17.7 Å². The van der Waals surface area contributed by atoms with Crippen molar-refractivity contribution in [1.29, 1.82) is 0 Å². The zero-order valence-electron chi connectivity index (χ0n) is 14.6. The van der Waals surface area contributed by atoms with Gasteiger partial charge in [-0.15, -0.1) is 0 Å². The van der Waals surface area contributed by atoms with Crippen molar-refractivity contribution in [1.82, 2.24) is 19.9 Å². The highest BCUT2D eigenvalue weighted by molar-refractivity contribution is 6.30. The molecule has 4 aromatic rings. The van der Waals surface area contributed by atoms with Crippen molar-refractivity contribution in [2.75, 3.05) is 5.32 Å². The van der Waals surface area contributed by atoms with Crippen LogP contribution >= 0.6 is 11.6 Å². The van der Waals surface area contributed by atoms with Gasteiger partial charge in [0.1, 0.15) is 11.5 Å². The van der Waals surface area contributed by atoms with Crippen molar-refractivity contribution in [3.8, 4) is 0 Å². The number of fused-ring (bicyclic) bond motifs is 1. The summed E-state index contributed by atoms with van der Waals surface area (Å²) >= 11 is 5.92. The van der Waals surface area contributed by atoms with Crippen LogP contribution in [0.3, 0.4) is 0 Å². The number of anilines is 1. The van der Waals surface area contributed by atoms with Crippen LogP contribution in [0.4, 0.5) is 10.2 Å². The van der Waals surface area contributed by atoms with E-state index in [9.17, 15) is 4.39 Å². The molecule has 0 fully saturated rings. The zero-order valence-corrected chi connectivity index (χ0v) is 15.4. The van der Waals surface area contributed by atoms with Crippen molar-refractivity contribution in [3.63, 3.8) is 0 Å². The molecule has 2 N–H and O–H groups in total. The van der Waals surface area contributed by atoms with E-state index in [0.29, 0.717) is 29.4 Å². The molecule has 4 heterocycles. The smallest absolute Gasteiger partial charge is 0.218 e. The van der Waals surface area contributed by atoms with Crippen LogP contribution in [-0.2, 0) is 13.0 Å². The Morgan fingerprint density at radius 1 is 1.15 bits per heavy atom. The molecule has 4 aromatic heterocycles.